The molecule has 3 heteroatoms. The van der Waals surface area contributed by atoms with Crippen LogP contribution in [0.5, 0.6) is 0 Å². The fraction of sp³-hybridized carbons (Fsp3) is 0.417. The normalized spacial score (nSPS) is 12.6. The number of methoxy groups -OCH3 is 1. The van der Waals surface area contributed by atoms with E-state index in [0.29, 0.717) is 5.02 Å². The molecule has 15 heavy (non-hydrogen) atoms. The van der Waals surface area contributed by atoms with Crippen LogP contribution in [0.25, 0.3) is 0 Å². The molecule has 0 N–H and O–H groups in total. The molecule has 0 saturated heterocycles. The lowest BCUT2D eigenvalue weighted by atomic mass is 9.88. The number of ether oxygens (including phenoxy) is 1. The Kier molecular flexibility index (Phi) is 4.15. The Balaban J connectivity index is 3.04. The quantitative estimate of drug-likeness (QED) is 0.740. The van der Waals surface area contributed by atoms with Crippen molar-refractivity contribution in [2.75, 3.05) is 7.11 Å². The molecule has 1 atom stereocenters. The van der Waals surface area contributed by atoms with Gasteiger partial charge in [-0.2, -0.15) is 0 Å². The number of esters is 1. The molecule has 0 saturated carbocycles. The van der Waals surface area contributed by atoms with Gasteiger partial charge in [0.05, 0.1) is 13.0 Å². The molecule has 1 rings (SSSR count). The predicted octanol–water partition coefficient (Wildman–Crippen LogP) is 3.25. The molecule has 0 heterocycles. The molecule has 0 aliphatic heterocycles. The van der Waals surface area contributed by atoms with Crippen LogP contribution >= 0.6 is 11.6 Å². The van der Waals surface area contributed by atoms with Gasteiger partial charge in [-0.1, -0.05) is 37.6 Å². The first-order valence-electron chi connectivity index (χ1n) is 4.89. The summed E-state index contributed by atoms with van der Waals surface area (Å²) in [7, 11) is 1.41. The molecule has 0 radical (unpaired) electrons. The number of halogens is 1. The monoisotopic (exact) mass is 226 g/mol. The van der Waals surface area contributed by atoms with Crippen molar-refractivity contribution in [2.45, 2.75) is 19.8 Å². The largest absolute Gasteiger partial charge is 0.469 e. The standard InChI is InChI=1S/C12H15ClO2/c1-8(2)11(12(14)15-3)9-5-4-6-10(13)7-9/h4-8,11H,1-3H3. The summed E-state index contributed by atoms with van der Waals surface area (Å²) in [5.41, 5.74) is 0.907. The van der Waals surface area contributed by atoms with Gasteiger partial charge in [0.1, 0.15) is 0 Å². The Hall–Kier alpha value is -1.02. The first-order chi connectivity index (χ1) is 7.06. The van der Waals surface area contributed by atoms with E-state index in [1.165, 1.54) is 7.11 Å². The third-order valence-electron chi connectivity index (χ3n) is 2.33. The van der Waals surface area contributed by atoms with Crippen LogP contribution in [0.15, 0.2) is 24.3 Å². The van der Waals surface area contributed by atoms with Crippen LogP contribution in [0.1, 0.15) is 25.3 Å². The fourth-order valence-corrected chi connectivity index (χ4v) is 1.82. The molecule has 0 fully saturated rings. The molecule has 2 nitrogen and oxygen atoms in total. The van der Waals surface area contributed by atoms with Gasteiger partial charge >= 0.3 is 5.97 Å². The molecular formula is C12H15ClO2. The van der Waals surface area contributed by atoms with Crippen molar-refractivity contribution in [2.24, 2.45) is 5.92 Å². The summed E-state index contributed by atoms with van der Waals surface area (Å²) in [5, 5.41) is 0.641. The van der Waals surface area contributed by atoms with E-state index < -0.39 is 0 Å². The highest BCUT2D eigenvalue weighted by atomic mass is 35.5. The van der Waals surface area contributed by atoms with E-state index in [-0.39, 0.29) is 17.8 Å². The lowest BCUT2D eigenvalue weighted by molar-refractivity contribution is -0.143. The lowest BCUT2D eigenvalue weighted by Crippen LogP contribution is -2.19. The van der Waals surface area contributed by atoms with Crippen LogP contribution in [0, 0.1) is 5.92 Å². The molecule has 0 aromatic heterocycles. The Morgan fingerprint density at radius 1 is 1.40 bits per heavy atom. The highest BCUT2D eigenvalue weighted by Gasteiger charge is 2.24. The Labute approximate surface area is 95.2 Å². The summed E-state index contributed by atoms with van der Waals surface area (Å²) in [4.78, 5) is 11.6. The van der Waals surface area contributed by atoms with Gasteiger partial charge in [-0.05, 0) is 23.6 Å². The minimum absolute atomic E-state index is 0.191. The molecule has 0 spiro atoms. The number of hydrogen-bond donors (Lipinski definition) is 0. The molecule has 0 aliphatic rings. The lowest BCUT2D eigenvalue weighted by Gasteiger charge is -2.18. The van der Waals surface area contributed by atoms with Gasteiger partial charge in [0.2, 0.25) is 0 Å². The minimum Gasteiger partial charge on any atom is -0.469 e. The Morgan fingerprint density at radius 2 is 2.07 bits per heavy atom. The predicted molar refractivity (Wildman–Crippen MR) is 61.0 cm³/mol. The van der Waals surface area contributed by atoms with Crippen molar-refractivity contribution in [1.29, 1.82) is 0 Å². The van der Waals surface area contributed by atoms with Gasteiger partial charge in [0.15, 0.2) is 0 Å². The molecule has 1 unspecified atom stereocenters. The van der Waals surface area contributed by atoms with E-state index in [4.69, 9.17) is 16.3 Å². The maximum Gasteiger partial charge on any atom is 0.313 e. The first-order valence-corrected chi connectivity index (χ1v) is 5.27. The third-order valence-corrected chi connectivity index (χ3v) is 2.56. The van der Waals surface area contributed by atoms with Crippen LogP contribution in [0.3, 0.4) is 0 Å². The topological polar surface area (TPSA) is 26.3 Å². The van der Waals surface area contributed by atoms with Crippen molar-refractivity contribution < 1.29 is 9.53 Å². The maximum absolute atomic E-state index is 11.6. The van der Waals surface area contributed by atoms with E-state index in [2.05, 4.69) is 0 Å². The zero-order chi connectivity index (χ0) is 11.4. The number of rotatable bonds is 3. The maximum atomic E-state index is 11.6. The zero-order valence-electron chi connectivity index (χ0n) is 9.16. The van der Waals surface area contributed by atoms with Gasteiger partial charge in [0, 0.05) is 5.02 Å². The molecule has 0 aliphatic carbocycles. The van der Waals surface area contributed by atoms with E-state index >= 15 is 0 Å². The van der Waals surface area contributed by atoms with Gasteiger partial charge in [-0.3, -0.25) is 4.79 Å². The van der Waals surface area contributed by atoms with E-state index in [0.717, 1.165) is 5.56 Å². The van der Waals surface area contributed by atoms with Gasteiger partial charge < -0.3 is 4.74 Å². The van der Waals surface area contributed by atoms with E-state index in [9.17, 15) is 4.79 Å². The van der Waals surface area contributed by atoms with E-state index in [1.807, 2.05) is 32.0 Å². The third kappa shape index (κ3) is 2.96. The fourth-order valence-electron chi connectivity index (χ4n) is 1.62. The van der Waals surface area contributed by atoms with Gasteiger partial charge in [-0.25, -0.2) is 0 Å². The summed E-state index contributed by atoms with van der Waals surface area (Å²) in [6, 6.07) is 7.34. The number of carbonyl (C=O) groups is 1. The van der Waals surface area contributed by atoms with Crippen molar-refractivity contribution in [3.8, 4) is 0 Å². The van der Waals surface area contributed by atoms with Crippen molar-refractivity contribution in [3.05, 3.63) is 34.9 Å². The summed E-state index contributed by atoms with van der Waals surface area (Å²) in [5.74, 6) is -0.267. The second kappa shape index (κ2) is 5.17. The van der Waals surface area contributed by atoms with Crippen molar-refractivity contribution >= 4 is 17.6 Å². The molecule has 82 valence electrons. The Morgan fingerprint density at radius 3 is 2.53 bits per heavy atom. The van der Waals surface area contributed by atoms with Crippen LogP contribution < -0.4 is 0 Å². The highest BCUT2D eigenvalue weighted by molar-refractivity contribution is 6.30. The van der Waals surface area contributed by atoms with Crippen LogP contribution in [0.2, 0.25) is 5.02 Å². The van der Waals surface area contributed by atoms with Crippen LogP contribution in [0.4, 0.5) is 0 Å². The second-order valence-corrected chi connectivity index (χ2v) is 4.24. The smallest absolute Gasteiger partial charge is 0.313 e. The number of carbonyl (C=O) groups excluding carboxylic acids is 1. The summed E-state index contributed by atoms with van der Waals surface area (Å²) >= 11 is 5.89. The summed E-state index contributed by atoms with van der Waals surface area (Å²) in [6.07, 6.45) is 0. The van der Waals surface area contributed by atoms with Gasteiger partial charge in [-0.15, -0.1) is 0 Å². The molecule has 0 bridgehead atoms. The molecule has 1 aromatic rings. The number of hydrogen-bond acceptors (Lipinski definition) is 2. The summed E-state index contributed by atoms with van der Waals surface area (Å²) in [6.45, 7) is 3.98. The average molecular weight is 227 g/mol. The highest BCUT2D eigenvalue weighted by Crippen LogP contribution is 2.27. The van der Waals surface area contributed by atoms with Crippen LogP contribution in [-0.4, -0.2) is 13.1 Å². The molecule has 1 aromatic carbocycles. The van der Waals surface area contributed by atoms with Gasteiger partial charge in [0.25, 0.3) is 0 Å². The Bertz CT molecular complexity index is 347. The van der Waals surface area contributed by atoms with Crippen molar-refractivity contribution in [3.63, 3.8) is 0 Å². The molecule has 0 amide bonds. The summed E-state index contributed by atoms with van der Waals surface area (Å²) < 4.78 is 4.79. The minimum atomic E-state index is -0.242. The van der Waals surface area contributed by atoms with Crippen molar-refractivity contribution in [1.82, 2.24) is 0 Å². The van der Waals surface area contributed by atoms with E-state index in [1.54, 1.807) is 6.07 Å². The SMILES string of the molecule is COC(=O)C(c1cccc(Cl)c1)C(C)C. The second-order valence-electron chi connectivity index (χ2n) is 3.80. The average Bonchev–Trinajstić information content (AvgIpc) is 2.17. The van der Waals surface area contributed by atoms with Crippen LogP contribution in [-0.2, 0) is 9.53 Å². The first kappa shape index (κ1) is 12.1. The number of benzene rings is 1. The zero-order valence-corrected chi connectivity index (χ0v) is 9.91. The molecular weight excluding hydrogens is 212 g/mol.